The Morgan fingerprint density at radius 1 is 1.45 bits per heavy atom. The molecule has 0 aromatic rings. The van der Waals surface area contributed by atoms with Crippen molar-refractivity contribution in [2.45, 2.75) is 31.7 Å². The largest absolute Gasteiger partial charge is 0.377 e. The number of hydrogen-bond donors (Lipinski definition) is 2. The average molecular weight is 181 g/mol. The van der Waals surface area contributed by atoms with Gasteiger partial charge in [-0.15, -0.1) is 0 Å². The lowest BCUT2D eigenvalue weighted by Gasteiger charge is -2.07. The van der Waals surface area contributed by atoms with Crippen LogP contribution in [-0.2, 0) is 9.84 Å². The van der Waals surface area contributed by atoms with E-state index in [1.165, 1.54) is 6.92 Å². The SMILES string of the molecule is CC(N)CCS(=O)(=O)C(C)O. The fourth-order valence-electron chi connectivity index (χ4n) is 0.521. The first-order valence-electron chi connectivity index (χ1n) is 3.51. The Bertz CT molecular complexity index is 196. The fourth-order valence-corrected chi connectivity index (χ4v) is 1.56. The zero-order valence-corrected chi connectivity index (χ0v) is 7.63. The highest BCUT2D eigenvalue weighted by Crippen LogP contribution is 2.01. The van der Waals surface area contributed by atoms with E-state index in [9.17, 15) is 8.42 Å². The summed E-state index contributed by atoms with van der Waals surface area (Å²) in [5.41, 5.74) is 4.08. The van der Waals surface area contributed by atoms with Gasteiger partial charge in [-0.3, -0.25) is 0 Å². The second kappa shape index (κ2) is 4.04. The molecule has 0 aliphatic carbocycles. The van der Waals surface area contributed by atoms with Crippen LogP contribution >= 0.6 is 0 Å². The van der Waals surface area contributed by atoms with Crippen molar-refractivity contribution in [1.82, 2.24) is 0 Å². The Labute approximate surface area is 67.3 Å². The molecule has 11 heavy (non-hydrogen) atoms. The van der Waals surface area contributed by atoms with E-state index in [1.807, 2.05) is 0 Å². The molecule has 0 aromatic heterocycles. The Hall–Kier alpha value is -0.130. The van der Waals surface area contributed by atoms with E-state index < -0.39 is 15.3 Å². The number of sulfone groups is 1. The summed E-state index contributed by atoms with van der Waals surface area (Å²) in [4.78, 5) is 0. The predicted octanol–water partition coefficient (Wildman–Crippen LogP) is -0.523. The summed E-state index contributed by atoms with van der Waals surface area (Å²) in [5, 5.41) is 8.76. The number of rotatable bonds is 4. The summed E-state index contributed by atoms with van der Waals surface area (Å²) in [7, 11) is -3.32. The van der Waals surface area contributed by atoms with Gasteiger partial charge in [0.15, 0.2) is 15.3 Å². The van der Waals surface area contributed by atoms with Crippen LogP contribution in [0.2, 0.25) is 0 Å². The van der Waals surface area contributed by atoms with Gasteiger partial charge >= 0.3 is 0 Å². The van der Waals surface area contributed by atoms with Crippen LogP contribution in [-0.4, -0.2) is 30.8 Å². The first-order valence-corrected chi connectivity index (χ1v) is 5.23. The number of hydrogen-bond acceptors (Lipinski definition) is 4. The van der Waals surface area contributed by atoms with Gasteiger partial charge in [0.1, 0.15) is 0 Å². The summed E-state index contributed by atoms with van der Waals surface area (Å²) >= 11 is 0. The lowest BCUT2D eigenvalue weighted by molar-refractivity contribution is 0.268. The predicted molar refractivity (Wildman–Crippen MR) is 43.7 cm³/mol. The number of nitrogens with two attached hydrogens (primary N) is 1. The average Bonchev–Trinajstić information content (AvgIpc) is 1.84. The van der Waals surface area contributed by atoms with Crippen molar-refractivity contribution in [3.63, 3.8) is 0 Å². The summed E-state index contributed by atoms with van der Waals surface area (Å²) < 4.78 is 21.9. The van der Waals surface area contributed by atoms with Crippen molar-refractivity contribution in [1.29, 1.82) is 0 Å². The minimum absolute atomic E-state index is 0.0394. The molecule has 2 unspecified atom stereocenters. The van der Waals surface area contributed by atoms with Crippen molar-refractivity contribution in [3.05, 3.63) is 0 Å². The second-order valence-corrected chi connectivity index (χ2v) is 5.15. The number of aliphatic hydroxyl groups is 1. The summed E-state index contributed by atoms with van der Waals surface area (Å²) in [6.45, 7) is 2.98. The maximum absolute atomic E-state index is 10.9. The van der Waals surface area contributed by atoms with Crippen LogP contribution in [0.5, 0.6) is 0 Å². The molecule has 0 aliphatic heterocycles. The van der Waals surface area contributed by atoms with Crippen LogP contribution in [0.4, 0.5) is 0 Å². The molecular weight excluding hydrogens is 166 g/mol. The smallest absolute Gasteiger partial charge is 0.176 e. The molecule has 0 heterocycles. The molecule has 0 aliphatic rings. The maximum atomic E-state index is 10.9. The summed E-state index contributed by atoms with van der Waals surface area (Å²) in [6, 6.07) is -0.136. The van der Waals surface area contributed by atoms with Gasteiger partial charge in [0.05, 0.1) is 5.75 Å². The molecule has 4 nitrogen and oxygen atoms in total. The summed E-state index contributed by atoms with van der Waals surface area (Å²) in [5.74, 6) is -0.0394. The van der Waals surface area contributed by atoms with Crippen LogP contribution in [0.3, 0.4) is 0 Å². The van der Waals surface area contributed by atoms with Gasteiger partial charge in [-0.25, -0.2) is 8.42 Å². The van der Waals surface area contributed by atoms with Crippen LogP contribution in [0.25, 0.3) is 0 Å². The van der Waals surface area contributed by atoms with Crippen molar-refractivity contribution in [2.24, 2.45) is 5.73 Å². The quantitative estimate of drug-likeness (QED) is 0.611. The first kappa shape index (κ1) is 10.9. The minimum Gasteiger partial charge on any atom is -0.377 e. The Balaban J connectivity index is 3.95. The van der Waals surface area contributed by atoms with Gasteiger partial charge in [-0.1, -0.05) is 0 Å². The standard InChI is InChI=1S/C6H15NO3S/c1-5(7)3-4-11(9,10)6(2)8/h5-6,8H,3-4,7H2,1-2H3. The van der Waals surface area contributed by atoms with Crippen molar-refractivity contribution >= 4 is 9.84 Å². The summed E-state index contributed by atoms with van der Waals surface area (Å²) in [6.07, 6.45) is 0.396. The normalized spacial score (nSPS) is 17.8. The van der Waals surface area contributed by atoms with E-state index in [1.54, 1.807) is 6.92 Å². The van der Waals surface area contributed by atoms with Gasteiger partial charge < -0.3 is 10.8 Å². The monoisotopic (exact) mass is 181 g/mol. The van der Waals surface area contributed by atoms with Crippen molar-refractivity contribution in [3.8, 4) is 0 Å². The third-order valence-corrected chi connectivity index (χ3v) is 3.22. The van der Waals surface area contributed by atoms with Gasteiger partial charge in [0.25, 0.3) is 0 Å². The molecule has 2 atom stereocenters. The van der Waals surface area contributed by atoms with Gasteiger partial charge in [0.2, 0.25) is 0 Å². The second-order valence-electron chi connectivity index (χ2n) is 2.73. The van der Waals surface area contributed by atoms with E-state index in [0.717, 1.165) is 0 Å². The lowest BCUT2D eigenvalue weighted by atomic mass is 10.3. The molecule has 0 spiro atoms. The molecule has 0 amide bonds. The Kier molecular flexibility index (Phi) is 3.99. The Morgan fingerprint density at radius 2 is 1.91 bits per heavy atom. The fraction of sp³-hybridized carbons (Fsp3) is 1.00. The first-order chi connectivity index (χ1) is 4.86. The molecule has 0 rings (SSSR count). The highest BCUT2D eigenvalue weighted by atomic mass is 32.2. The molecule has 0 radical (unpaired) electrons. The third-order valence-electron chi connectivity index (χ3n) is 1.38. The van der Waals surface area contributed by atoms with Crippen LogP contribution in [0.1, 0.15) is 20.3 Å². The van der Waals surface area contributed by atoms with E-state index >= 15 is 0 Å². The molecule has 0 aromatic carbocycles. The topological polar surface area (TPSA) is 80.4 Å². The maximum Gasteiger partial charge on any atom is 0.176 e. The molecule has 0 bridgehead atoms. The molecular formula is C6H15NO3S. The Morgan fingerprint density at radius 3 is 2.18 bits per heavy atom. The molecule has 0 saturated heterocycles. The van der Waals surface area contributed by atoms with Crippen molar-refractivity contribution < 1.29 is 13.5 Å². The van der Waals surface area contributed by atoms with E-state index in [4.69, 9.17) is 10.8 Å². The minimum atomic E-state index is -3.32. The van der Waals surface area contributed by atoms with Crippen LogP contribution in [0.15, 0.2) is 0 Å². The lowest BCUT2D eigenvalue weighted by Crippen LogP contribution is -2.25. The van der Waals surface area contributed by atoms with E-state index in [0.29, 0.717) is 6.42 Å². The van der Waals surface area contributed by atoms with Crippen molar-refractivity contribution in [2.75, 3.05) is 5.75 Å². The van der Waals surface area contributed by atoms with Crippen LogP contribution in [0, 0.1) is 0 Å². The molecule has 0 fully saturated rings. The van der Waals surface area contributed by atoms with Gasteiger partial charge in [0, 0.05) is 6.04 Å². The zero-order valence-electron chi connectivity index (χ0n) is 6.82. The zero-order chi connectivity index (χ0) is 9.07. The highest BCUT2D eigenvalue weighted by Gasteiger charge is 2.17. The molecule has 0 saturated carbocycles. The number of aliphatic hydroxyl groups excluding tert-OH is 1. The van der Waals surface area contributed by atoms with Crippen LogP contribution < -0.4 is 5.73 Å². The van der Waals surface area contributed by atoms with Gasteiger partial charge in [-0.05, 0) is 20.3 Å². The van der Waals surface area contributed by atoms with E-state index in [-0.39, 0.29) is 11.8 Å². The highest BCUT2D eigenvalue weighted by molar-refractivity contribution is 7.91. The van der Waals surface area contributed by atoms with E-state index in [2.05, 4.69) is 0 Å². The van der Waals surface area contributed by atoms with Gasteiger partial charge in [-0.2, -0.15) is 0 Å². The molecule has 3 N–H and O–H groups in total. The molecule has 68 valence electrons. The third kappa shape index (κ3) is 4.34. The molecule has 5 heteroatoms.